The lowest BCUT2D eigenvalue weighted by atomic mass is 10.0. The average molecular weight is 461 g/mol. The highest BCUT2D eigenvalue weighted by atomic mass is 35.5. The van der Waals surface area contributed by atoms with Crippen LogP contribution in [0.3, 0.4) is 0 Å². The molecule has 1 aliphatic heterocycles. The predicted octanol–water partition coefficient (Wildman–Crippen LogP) is 2.86. The SMILES string of the molecule is [C-]#[N+]c1ccc(O[C@H]2CN(S(=O)(=O)c3ccc(Cl)cc3Cl)C[C@@]2(O)CO)cc1F. The van der Waals surface area contributed by atoms with Crippen LogP contribution in [-0.4, -0.2) is 54.3 Å². The van der Waals surface area contributed by atoms with E-state index in [1.165, 1.54) is 30.3 Å². The first kappa shape index (κ1) is 21.8. The third-order valence-corrected chi connectivity index (χ3v) is 7.05. The molecule has 2 atom stereocenters. The molecule has 0 aromatic heterocycles. The standard InChI is InChI=1S/C18H15Cl2FN2O5S/c1-22-15-4-3-12(7-14(15)21)28-17-8-23(9-18(17,25)10-24)29(26,27)16-5-2-11(19)6-13(16)20/h2-7,17,24-25H,8-10H2/t17-,18+/m0/s1. The van der Waals surface area contributed by atoms with Crippen LogP contribution >= 0.6 is 23.2 Å². The molecule has 11 heteroatoms. The summed E-state index contributed by atoms with van der Waals surface area (Å²) in [6.07, 6.45) is -1.19. The van der Waals surface area contributed by atoms with Crippen LogP contribution in [0.2, 0.25) is 10.0 Å². The van der Waals surface area contributed by atoms with Gasteiger partial charge in [0.25, 0.3) is 0 Å². The third kappa shape index (κ3) is 4.19. The van der Waals surface area contributed by atoms with Gasteiger partial charge >= 0.3 is 0 Å². The molecule has 1 fully saturated rings. The summed E-state index contributed by atoms with van der Waals surface area (Å²) >= 11 is 11.8. The van der Waals surface area contributed by atoms with Gasteiger partial charge in [-0.2, -0.15) is 4.31 Å². The number of ether oxygens (including phenoxy) is 1. The fourth-order valence-electron chi connectivity index (χ4n) is 2.95. The Morgan fingerprint density at radius 2 is 2.03 bits per heavy atom. The van der Waals surface area contributed by atoms with Crippen molar-refractivity contribution in [2.75, 3.05) is 19.7 Å². The highest BCUT2D eigenvalue weighted by molar-refractivity contribution is 7.89. The van der Waals surface area contributed by atoms with Gasteiger partial charge in [-0.25, -0.2) is 17.7 Å². The summed E-state index contributed by atoms with van der Waals surface area (Å²) < 4.78 is 46.2. The minimum absolute atomic E-state index is 0.0180. The number of halogens is 3. The van der Waals surface area contributed by atoms with E-state index in [2.05, 4.69) is 4.85 Å². The lowest BCUT2D eigenvalue weighted by molar-refractivity contribution is -0.0641. The maximum absolute atomic E-state index is 13.8. The van der Waals surface area contributed by atoms with Crippen LogP contribution in [0.5, 0.6) is 5.75 Å². The first-order valence-corrected chi connectivity index (χ1v) is 10.4. The van der Waals surface area contributed by atoms with Gasteiger partial charge in [-0.3, -0.25) is 0 Å². The van der Waals surface area contributed by atoms with E-state index in [9.17, 15) is 23.0 Å². The molecular weight excluding hydrogens is 446 g/mol. The molecule has 2 aromatic rings. The number of aliphatic hydroxyl groups excluding tert-OH is 1. The van der Waals surface area contributed by atoms with Crippen molar-refractivity contribution in [1.82, 2.24) is 4.31 Å². The zero-order valence-corrected chi connectivity index (χ0v) is 17.0. The van der Waals surface area contributed by atoms with E-state index in [-0.39, 0.29) is 32.9 Å². The van der Waals surface area contributed by atoms with E-state index < -0.39 is 40.7 Å². The summed E-state index contributed by atoms with van der Waals surface area (Å²) in [5.41, 5.74) is -2.14. The van der Waals surface area contributed by atoms with Gasteiger partial charge in [-0.05, 0) is 30.3 Å². The van der Waals surface area contributed by atoms with Crippen molar-refractivity contribution >= 4 is 38.9 Å². The van der Waals surface area contributed by atoms with Gasteiger partial charge in [0.1, 0.15) is 28.2 Å². The van der Waals surface area contributed by atoms with Crippen LogP contribution < -0.4 is 4.74 Å². The first-order chi connectivity index (χ1) is 13.6. The highest BCUT2D eigenvalue weighted by Gasteiger charge is 2.51. The van der Waals surface area contributed by atoms with Gasteiger partial charge in [0, 0.05) is 17.6 Å². The Morgan fingerprint density at radius 1 is 1.31 bits per heavy atom. The summed E-state index contributed by atoms with van der Waals surface area (Å²) in [5, 5.41) is 20.5. The van der Waals surface area contributed by atoms with Crippen molar-refractivity contribution in [3.8, 4) is 5.75 Å². The molecule has 0 spiro atoms. The molecule has 0 saturated carbocycles. The van der Waals surface area contributed by atoms with Crippen molar-refractivity contribution in [3.63, 3.8) is 0 Å². The smallest absolute Gasteiger partial charge is 0.244 e. The summed E-state index contributed by atoms with van der Waals surface area (Å²) in [4.78, 5) is 2.79. The van der Waals surface area contributed by atoms with E-state index in [4.69, 9.17) is 34.5 Å². The lowest BCUT2D eigenvalue weighted by Gasteiger charge is -2.27. The van der Waals surface area contributed by atoms with E-state index in [1.54, 1.807) is 0 Å². The second kappa shape index (κ2) is 8.07. The van der Waals surface area contributed by atoms with Gasteiger partial charge in [-0.15, -0.1) is 0 Å². The number of sulfonamides is 1. The van der Waals surface area contributed by atoms with Crippen LogP contribution in [0.1, 0.15) is 0 Å². The molecule has 0 radical (unpaired) electrons. The molecule has 154 valence electrons. The summed E-state index contributed by atoms with van der Waals surface area (Å²) in [7, 11) is -4.13. The van der Waals surface area contributed by atoms with Crippen molar-refractivity contribution in [2.24, 2.45) is 0 Å². The first-order valence-electron chi connectivity index (χ1n) is 8.23. The fourth-order valence-corrected chi connectivity index (χ4v) is 5.20. The van der Waals surface area contributed by atoms with Crippen LogP contribution in [0.15, 0.2) is 41.3 Å². The van der Waals surface area contributed by atoms with E-state index >= 15 is 0 Å². The summed E-state index contributed by atoms with van der Waals surface area (Å²) in [6, 6.07) is 7.36. The largest absolute Gasteiger partial charge is 0.486 e. The zero-order valence-electron chi connectivity index (χ0n) is 14.7. The Bertz CT molecular complexity index is 1090. The predicted molar refractivity (Wildman–Crippen MR) is 104 cm³/mol. The van der Waals surface area contributed by atoms with Gasteiger partial charge in [0.15, 0.2) is 0 Å². The zero-order chi connectivity index (χ0) is 21.4. The monoisotopic (exact) mass is 460 g/mol. The fraction of sp³-hybridized carbons (Fsp3) is 0.278. The second-order valence-electron chi connectivity index (χ2n) is 6.47. The molecule has 1 heterocycles. The van der Waals surface area contributed by atoms with Gasteiger partial charge in [-0.1, -0.05) is 23.2 Å². The van der Waals surface area contributed by atoms with Crippen molar-refractivity contribution < 1.29 is 27.8 Å². The summed E-state index contributed by atoms with van der Waals surface area (Å²) in [6.45, 7) is 5.29. The lowest BCUT2D eigenvalue weighted by Crippen LogP contribution is -2.48. The average Bonchev–Trinajstić information content (AvgIpc) is 2.99. The number of hydrogen-bond acceptors (Lipinski definition) is 5. The quantitative estimate of drug-likeness (QED) is 0.669. The Balaban J connectivity index is 1.89. The number of rotatable bonds is 5. The highest BCUT2D eigenvalue weighted by Crippen LogP contribution is 2.34. The van der Waals surface area contributed by atoms with E-state index in [1.807, 2.05) is 0 Å². The van der Waals surface area contributed by atoms with Crippen LogP contribution in [0.25, 0.3) is 4.85 Å². The van der Waals surface area contributed by atoms with Crippen molar-refractivity contribution in [3.05, 3.63) is 63.7 Å². The number of β-amino-alcohol motifs (C(OH)–C–C–N with tert-alkyl or cyclic N) is 1. The molecule has 1 saturated heterocycles. The normalized spacial score (nSPS) is 22.4. The number of benzene rings is 2. The molecule has 2 aromatic carbocycles. The Kier molecular flexibility index (Phi) is 6.06. The Morgan fingerprint density at radius 3 is 2.62 bits per heavy atom. The molecule has 0 bridgehead atoms. The maximum atomic E-state index is 13.8. The van der Waals surface area contributed by atoms with Crippen LogP contribution in [0.4, 0.5) is 10.1 Å². The molecule has 3 rings (SSSR count). The minimum atomic E-state index is -4.13. The Labute approximate surface area is 176 Å². The topological polar surface area (TPSA) is 91.4 Å². The minimum Gasteiger partial charge on any atom is -0.486 e. The molecule has 7 nitrogen and oxygen atoms in total. The number of aliphatic hydroxyl groups is 2. The molecule has 1 aliphatic rings. The maximum Gasteiger partial charge on any atom is 0.244 e. The second-order valence-corrected chi connectivity index (χ2v) is 9.22. The van der Waals surface area contributed by atoms with Gasteiger partial charge < -0.3 is 14.9 Å². The summed E-state index contributed by atoms with van der Waals surface area (Å²) in [5.74, 6) is -0.837. The molecule has 2 N–H and O–H groups in total. The van der Waals surface area contributed by atoms with Crippen molar-refractivity contribution in [1.29, 1.82) is 0 Å². The van der Waals surface area contributed by atoms with E-state index in [0.29, 0.717) is 0 Å². The van der Waals surface area contributed by atoms with Crippen molar-refractivity contribution in [2.45, 2.75) is 16.6 Å². The molecule has 0 aliphatic carbocycles. The number of hydrogen-bond donors (Lipinski definition) is 2. The number of nitrogens with zero attached hydrogens (tertiary/aromatic N) is 2. The molecule has 0 amide bonds. The molecule has 0 unspecified atom stereocenters. The van der Waals surface area contributed by atoms with Crippen LogP contribution in [-0.2, 0) is 10.0 Å². The third-order valence-electron chi connectivity index (χ3n) is 4.52. The van der Waals surface area contributed by atoms with Crippen LogP contribution in [0, 0.1) is 12.4 Å². The van der Waals surface area contributed by atoms with Gasteiger partial charge in [0.05, 0.1) is 24.7 Å². The van der Waals surface area contributed by atoms with E-state index in [0.717, 1.165) is 10.4 Å². The molecule has 29 heavy (non-hydrogen) atoms. The molecular formula is C18H15Cl2FN2O5S. The van der Waals surface area contributed by atoms with Gasteiger partial charge in [0.2, 0.25) is 15.7 Å². The Hall–Kier alpha value is -1.93.